The van der Waals surface area contributed by atoms with Gasteiger partial charge in [0.05, 0.1) is 37.7 Å². The molecule has 1 unspecified atom stereocenters. The Balaban J connectivity index is 1.57. The van der Waals surface area contributed by atoms with E-state index in [1.807, 2.05) is 24.8 Å². The molecule has 1 fully saturated rings. The standard InChI is InChI=1S/C27H33ClF2N6O5/c1-17(2)22-6-9-31-36(22)27(25(39)33-21-5-4-19(28)12-23(21)41-26(29)30)7-10-34(11-8-27)14-18(24(37)38)15-35-16-20(40-3)13-32-35/h4-6,9,12-13,16-18,26H,7-8,10-11,14-15H2,1-3H3,(H,33,39)(H,37,38). The minimum Gasteiger partial charge on any atom is -0.493 e. The Labute approximate surface area is 241 Å². The number of aliphatic carboxylic acids is 1. The average molecular weight is 595 g/mol. The number of ether oxygens (including phenoxy) is 2. The number of hydrogen-bond acceptors (Lipinski definition) is 7. The molecule has 0 saturated carbocycles. The Hall–Kier alpha value is -3.71. The molecule has 4 rings (SSSR count). The second-order valence-corrected chi connectivity index (χ2v) is 10.7. The maximum Gasteiger partial charge on any atom is 0.387 e. The van der Waals surface area contributed by atoms with Gasteiger partial charge in [0.2, 0.25) is 0 Å². The average Bonchev–Trinajstić information content (AvgIpc) is 3.60. The summed E-state index contributed by atoms with van der Waals surface area (Å²) in [5.41, 5.74) is -0.264. The zero-order valence-corrected chi connectivity index (χ0v) is 23.7. The molecule has 1 amide bonds. The van der Waals surface area contributed by atoms with E-state index in [0.29, 0.717) is 31.7 Å². The molecule has 222 valence electrons. The molecule has 0 aliphatic carbocycles. The lowest BCUT2D eigenvalue weighted by Gasteiger charge is -2.42. The molecule has 41 heavy (non-hydrogen) atoms. The Morgan fingerprint density at radius 2 is 1.90 bits per heavy atom. The van der Waals surface area contributed by atoms with Crippen LogP contribution >= 0.6 is 11.6 Å². The second kappa shape index (κ2) is 12.9. The second-order valence-electron chi connectivity index (χ2n) is 10.3. The van der Waals surface area contributed by atoms with Gasteiger partial charge in [0.1, 0.15) is 5.54 Å². The molecule has 0 spiro atoms. The van der Waals surface area contributed by atoms with Crippen LogP contribution in [0.3, 0.4) is 0 Å². The van der Waals surface area contributed by atoms with Gasteiger partial charge in [-0.2, -0.15) is 19.0 Å². The van der Waals surface area contributed by atoms with Crippen LogP contribution in [-0.2, 0) is 21.7 Å². The SMILES string of the molecule is COc1cnn(CC(CN2CCC(C(=O)Nc3ccc(Cl)cc3OC(F)F)(n3nccc3C(C)C)CC2)C(=O)O)c1. The summed E-state index contributed by atoms with van der Waals surface area (Å²) in [6.45, 7) is 2.07. The fraction of sp³-hybridized carbons (Fsp3) is 0.481. The number of halogens is 3. The number of carboxylic acid groups (broad SMARTS) is 1. The largest absolute Gasteiger partial charge is 0.493 e. The van der Waals surface area contributed by atoms with Crippen molar-refractivity contribution in [3.05, 3.63) is 53.6 Å². The van der Waals surface area contributed by atoms with Crippen LogP contribution in [0.2, 0.25) is 5.02 Å². The summed E-state index contributed by atoms with van der Waals surface area (Å²) in [7, 11) is 1.51. The molecule has 3 aromatic rings. The lowest BCUT2D eigenvalue weighted by Crippen LogP contribution is -2.55. The van der Waals surface area contributed by atoms with Crippen molar-refractivity contribution in [3.63, 3.8) is 0 Å². The van der Waals surface area contributed by atoms with Crippen LogP contribution in [0.1, 0.15) is 38.3 Å². The highest BCUT2D eigenvalue weighted by atomic mass is 35.5. The maximum atomic E-state index is 14.0. The van der Waals surface area contributed by atoms with Crippen LogP contribution in [0.15, 0.2) is 42.9 Å². The summed E-state index contributed by atoms with van der Waals surface area (Å²) >= 11 is 5.98. The van der Waals surface area contributed by atoms with E-state index in [-0.39, 0.29) is 35.5 Å². The topological polar surface area (TPSA) is 124 Å². The third-order valence-electron chi connectivity index (χ3n) is 7.26. The van der Waals surface area contributed by atoms with Crippen LogP contribution in [0.4, 0.5) is 14.5 Å². The lowest BCUT2D eigenvalue weighted by molar-refractivity contribution is -0.143. The van der Waals surface area contributed by atoms with E-state index in [0.717, 1.165) is 5.69 Å². The van der Waals surface area contributed by atoms with E-state index in [9.17, 15) is 23.5 Å². The number of rotatable bonds is 12. The van der Waals surface area contributed by atoms with Gasteiger partial charge < -0.3 is 24.8 Å². The zero-order valence-electron chi connectivity index (χ0n) is 23.0. The van der Waals surface area contributed by atoms with Crippen LogP contribution in [0.5, 0.6) is 11.5 Å². The Bertz CT molecular complexity index is 1360. The van der Waals surface area contributed by atoms with Gasteiger partial charge in [0.25, 0.3) is 5.91 Å². The number of nitrogens with one attached hydrogen (secondary N) is 1. The molecule has 1 aliphatic rings. The van der Waals surface area contributed by atoms with Crippen LogP contribution in [0.25, 0.3) is 0 Å². The molecule has 0 radical (unpaired) electrons. The minimum atomic E-state index is -3.11. The van der Waals surface area contributed by atoms with E-state index in [1.54, 1.807) is 17.1 Å². The van der Waals surface area contributed by atoms with Gasteiger partial charge in [-0.3, -0.25) is 19.0 Å². The zero-order chi connectivity index (χ0) is 29.7. The van der Waals surface area contributed by atoms with E-state index in [1.165, 1.54) is 36.2 Å². The number of carbonyl (C=O) groups excluding carboxylic acids is 1. The molecule has 1 aliphatic heterocycles. The number of hydrogen-bond donors (Lipinski definition) is 2. The number of amides is 1. The monoisotopic (exact) mass is 594 g/mol. The third kappa shape index (κ3) is 6.96. The third-order valence-corrected chi connectivity index (χ3v) is 7.50. The first-order chi connectivity index (χ1) is 19.5. The molecule has 0 bridgehead atoms. The molecule has 2 N–H and O–H groups in total. The Morgan fingerprint density at radius 1 is 1.17 bits per heavy atom. The highest BCUT2D eigenvalue weighted by Gasteiger charge is 2.46. The number of carboxylic acids is 1. The molecule has 1 atom stereocenters. The summed E-state index contributed by atoms with van der Waals surface area (Å²) in [5, 5.41) is 21.5. The number of anilines is 1. The number of nitrogens with zero attached hydrogens (tertiary/aromatic N) is 5. The van der Waals surface area contributed by atoms with Crippen molar-refractivity contribution >= 4 is 29.2 Å². The highest BCUT2D eigenvalue weighted by molar-refractivity contribution is 6.30. The first kappa shape index (κ1) is 30.3. The van der Waals surface area contributed by atoms with E-state index in [4.69, 9.17) is 16.3 Å². The number of benzene rings is 1. The summed E-state index contributed by atoms with van der Waals surface area (Å²) in [6, 6.07) is 5.94. The molecule has 1 aromatic carbocycles. The number of aromatic nitrogens is 4. The first-order valence-electron chi connectivity index (χ1n) is 13.1. The highest BCUT2D eigenvalue weighted by Crippen LogP contribution is 2.37. The maximum absolute atomic E-state index is 14.0. The summed E-state index contributed by atoms with van der Waals surface area (Å²) in [5.74, 6) is -1.82. The fourth-order valence-corrected chi connectivity index (χ4v) is 5.24. The number of alkyl halides is 2. The van der Waals surface area contributed by atoms with Gasteiger partial charge in [-0.25, -0.2) is 0 Å². The molecule has 1 saturated heterocycles. The predicted molar refractivity (Wildman–Crippen MR) is 147 cm³/mol. The van der Waals surface area contributed by atoms with Crippen molar-refractivity contribution in [1.29, 1.82) is 0 Å². The number of piperidine rings is 1. The van der Waals surface area contributed by atoms with Crippen molar-refractivity contribution in [3.8, 4) is 11.5 Å². The van der Waals surface area contributed by atoms with E-state index >= 15 is 0 Å². The molecule has 11 nitrogen and oxygen atoms in total. The first-order valence-corrected chi connectivity index (χ1v) is 13.5. The Morgan fingerprint density at radius 3 is 2.51 bits per heavy atom. The van der Waals surface area contributed by atoms with Gasteiger partial charge in [0, 0.05) is 42.6 Å². The number of carbonyl (C=O) groups is 2. The van der Waals surface area contributed by atoms with Gasteiger partial charge in [-0.15, -0.1) is 0 Å². The van der Waals surface area contributed by atoms with Crippen molar-refractivity contribution in [2.75, 3.05) is 32.1 Å². The summed E-state index contributed by atoms with van der Waals surface area (Å²) < 4.78 is 39.1. The fourth-order valence-electron chi connectivity index (χ4n) is 5.08. The quantitative estimate of drug-likeness (QED) is 0.318. The molecular formula is C27H33ClF2N6O5. The molecule has 14 heteroatoms. The summed E-state index contributed by atoms with van der Waals surface area (Å²) in [4.78, 5) is 28.1. The van der Waals surface area contributed by atoms with Crippen LogP contribution in [0, 0.1) is 5.92 Å². The van der Waals surface area contributed by atoms with Crippen LogP contribution in [-0.4, -0.2) is 74.8 Å². The molecular weight excluding hydrogens is 562 g/mol. The molecule has 3 heterocycles. The van der Waals surface area contributed by atoms with Crippen LogP contribution < -0.4 is 14.8 Å². The van der Waals surface area contributed by atoms with Gasteiger partial charge >= 0.3 is 12.6 Å². The van der Waals surface area contributed by atoms with Crippen molar-refractivity contribution in [2.45, 2.75) is 51.3 Å². The van der Waals surface area contributed by atoms with Crippen molar-refractivity contribution in [2.24, 2.45) is 5.92 Å². The van der Waals surface area contributed by atoms with Crippen molar-refractivity contribution < 1.29 is 33.0 Å². The number of likely N-dealkylation sites (tertiary alicyclic amines) is 1. The van der Waals surface area contributed by atoms with E-state index < -0.39 is 29.9 Å². The molecule has 2 aromatic heterocycles. The lowest BCUT2D eigenvalue weighted by atomic mass is 9.85. The Kier molecular flexibility index (Phi) is 9.49. The minimum absolute atomic E-state index is 0.0518. The normalized spacial score (nSPS) is 16.1. The van der Waals surface area contributed by atoms with Gasteiger partial charge in [-0.05, 0) is 37.0 Å². The summed E-state index contributed by atoms with van der Waals surface area (Å²) in [6.07, 6.45) is 5.39. The number of methoxy groups -OCH3 is 1. The smallest absolute Gasteiger partial charge is 0.387 e. The van der Waals surface area contributed by atoms with E-state index in [2.05, 4.69) is 20.3 Å². The predicted octanol–water partition coefficient (Wildman–Crippen LogP) is 4.30. The van der Waals surface area contributed by atoms with Crippen molar-refractivity contribution in [1.82, 2.24) is 24.5 Å². The van der Waals surface area contributed by atoms with Gasteiger partial charge in [0.15, 0.2) is 11.5 Å². The van der Waals surface area contributed by atoms with Gasteiger partial charge in [-0.1, -0.05) is 25.4 Å².